The summed E-state index contributed by atoms with van der Waals surface area (Å²) in [5.74, 6) is 0.770. The minimum atomic E-state index is -0.267. The number of rotatable bonds is 4. The van der Waals surface area contributed by atoms with E-state index in [9.17, 15) is 9.59 Å². The van der Waals surface area contributed by atoms with Crippen molar-refractivity contribution in [1.29, 1.82) is 0 Å². The number of anilines is 2. The number of fused-ring (bicyclic) bond motifs is 2. The van der Waals surface area contributed by atoms with E-state index in [1.165, 1.54) is 11.3 Å². The van der Waals surface area contributed by atoms with Gasteiger partial charge in [-0.1, -0.05) is 6.07 Å². The van der Waals surface area contributed by atoms with E-state index in [4.69, 9.17) is 9.47 Å². The van der Waals surface area contributed by atoms with Crippen LogP contribution in [0, 0.1) is 6.92 Å². The minimum absolute atomic E-state index is 0.160. The summed E-state index contributed by atoms with van der Waals surface area (Å²) in [5.41, 5.74) is 2.62. The average Bonchev–Trinajstić information content (AvgIpc) is 3.38. The first kappa shape index (κ1) is 19.6. The Bertz CT molecular complexity index is 1280. The zero-order valence-electron chi connectivity index (χ0n) is 16.6. The second-order valence-electron chi connectivity index (χ2n) is 7.06. The van der Waals surface area contributed by atoms with Gasteiger partial charge < -0.3 is 20.1 Å². The molecule has 156 valence electrons. The van der Waals surface area contributed by atoms with Gasteiger partial charge in [-0.25, -0.2) is 0 Å². The van der Waals surface area contributed by atoms with E-state index in [-0.39, 0.29) is 11.8 Å². The molecule has 2 aromatic carbocycles. The van der Waals surface area contributed by atoms with Crippen LogP contribution in [0.5, 0.6) is 11.5 Å². The number of benzene rings is 2. The number of hydrogen-bond acceptors (Lipinski definition) is 6. The third-order valence-corrected chi connectivity index (χ3v) is 7.00. The van der Waals surface area contributed by atoms with Gasteiger partial charge in [-0.05, 0) is 60.3 Å². The highest BCUT2D eigenvalue weighted by atomic mass is 32.1. The van der Waals surface area contributed by atoms with Crippen molar-refractivity contribution in [3.63, 3.8) is 0 Å². The van der Waals surface area contributed by atoms with E-state index in [0.717, 1.165) is 15.0 Å². The third-order valence-electron chi connectivity index (χ3n) is 4.91. The van der Waals surface area contributed by atoms with Crippen LogP contribution in [-0.4, -0.2) is 25.0 Å². The van der Waals surface area contributed by atoms with Crippen molar-refractivity contribution >= 4 is 55.3 Å². The topological polar surface area (TPSA) is 76.7 Å². The summed E-state index contributed by atoms with van der Waals surface area (Å²) in [7, 11) is 0. The lowest BCUT2D eigenvalue weighted by Crippen LogP contribution is -2.17. The van der Waals surface area contributed by atoms with Gasteiger partial charge in [0.05, 0.1) is 4.88 Å². The molecule has 0 spiro atoms. The molecule has 3 heterocycles. The summed E-state index contributed by atoms with van der Waals surface area (Å²) in [5, 5.41) is 7.86. The molecule has 0 saturated heterocycles. The van der Waals surface area contributed by atoms with Crippen LogP contribution in [0.3, 0.4) is 0 Å². The highest BCUT2D eigenvalue weighted by molar-refractivity contribution is 7.27. The van der Waals surface area contributed by atoms with Gasteiger partial charge in [0.2, 0.25) is 0 Å². The zero-order valence-corrected chi connectivity index (χ0v) is 18.2. The number of amides is 2. The molecule has 0 unspecified atom stereocenters. The molecule has 6 nitrogen and oxygen atoms in total. The summed E-state index contributed by atoms with van der Waals surface area (Å²) >= 11 is 3.08. The number of aryl methyl sites for hydroxylation is 1. The molecule has 0 fully saturated rings. The predicted octanol–water partition coefficient (Wildman–Crippen LogP) is 5.55. The van der Waals surface area contributed by atoms with Gasteiger partial charge in [-0.2, -0.15) is 0 Å². The molecule has 0 bridgehead atoms. The van der Waals surface area contributed by atoms with E-state index in [1.54, 1.807) is 35.6 Å². The van der Waals surface area contributed by atoms with Crippen molar-refractivity contribution in [3.05, 3.63) is 69.9 Å². The monoisotopic (exact) mass is 450 g/mol. The maximum atomic E-state index is 12.7. The number of nitrogens with one attached hydrogen (secondary N) is 2. The molecule has 0 atom stereocenters. The first-order valence-corrected chi connectivity index (χ1v) is 11.4. The van der Waals surface area contributed by atoms with E-state index >= 15 is 0 Å². The highest BCUT2D eigenvalue weighted by Crippen LogP contribution is 2.32. The minimum Gasteiger partial charge on any atom is -0.486 e. The Kier molecular flexibility index (Phi) is 5.09. The van der Waals surface area contributed by atoms with Gasteiger partial charge in [0, 0.05) is 26.3 Å². The largest absolute Gasteiger partial charge is 0.486 e. The summed E-state index contributed by atoms with van der Waals surface area (Å²) in [4.78, 5) is 26.1. The van der Waals surface area contributed by atoms with Crippen LogP contribution in [0.15, 0.2) is 53.9 Å². The average molecular weight is 451 g/mol. The van der Waals surface area contributed by atoms with Crippen LogP contribution in [0.2, 0.25) is 0 Å². The molecular weight excluding hydrogens is 432 g/mol. The SMILES string of the molecule is Cc1ccc(NC(=O)c2ccc3c(c2)OCCO3)cc1NC(=O)c1cc2sccc2s1. The Balaban J connectivity index is 1.32. The Morgan fingerprint density at radius 1 is 0.871 bits per heavy atom. The number of hydrogen-bond donors (Lipinski definition) is 2. The van der Waals surface area contributed by atoms with Crippen molar-refractivity contribution in [3.8, 4) is 11.5 Å². The molecular formula is C23H18N2O4S2. The fourth-order valence-electron chi connectivity index (χ4n) is 3.28. The molecule has 0 aliphatic carbocycles. The normalized spacial score (nSPS) is 12.5. The van der Waals surface area contributed by atoms with Crippen LogP contribution in [0.4, 0.5) is 11.4 Å². The fourth-order valence-corrected chi connectivity index (χ4v) is 5.29. The maximum absolute atomic E-state index is 12.7. The molecule has 1 aliphatic rings. The fraction of sp³-hybridized carbons (Fsp3) is 0.130. The van der Waals surface area contributed by atoms with Gasteiger partial charge >= 0.3 is 0 Å². The van der Waals surface area contributed by atoms with Crippen LogP contribution < -0.4 is 20.1 Å². The molecule has 5 rings (SSSR count). The Morgan fingerprint density at radius 3 is 2.55 bits per heavy atom. The molecule has 2 amide bonds. The maximum Gasteiger partial charge on any atom is 0.265 e. The molecule has 8 heteroatoms. The molecule has 0 radical (unpaired) electrons. The summed E-state index contributed by atoms with van der Waals surface area (Å²) in [6, 6.07) is 14.5. The molecule has 1 aliphatic heterocycles. The van der Waals surface area contributed by atoms with Crippen molar-refractivity contribution in [2.24, 2.45) is 0 Å². The standard InChI is InChI=1S/C23H18N2O4S2/c1-13-2-4-15(24-22(26)14-3-5-17-18(10-14)29-8-7-28-17)11-16(13)25-23(27)21-12-20-19(31-21)6-9-30-20/h2-6,9-12H,7-8H2,1H3,(H,24,26)(H,25,27). The van der Waals surface area contributed by atoms with Crippen LogP contribution in [-0.2, 0) is 0 Å². The van der Waals surface area contributed by atoms with Crippen molar-refractivity contribution in [1.82, 2.24) is 0 Å². The summed E-state index contributed by atoms with van der Waals surface area (Å²) in [6.07, 6.45) is 0. The van der Waals surface area contributed by atoms with Crippen molar-refractivity contribution in [2.75, 3.05) is 23.8 Å². The van der Waals surface area contributed by atoms with Crippen LogP contribution in [0.25, 0.3) is 9.40 Å². The first-order chi connectivity index (χ1) is 15.1. The Morgan fingerprint density at radius 2 is 1.71 bits per heavy atom. The number of carbonyl (C=O) groups is 2. The first-order valence-electron chi connectivity index (χ1n) is 9.67. The van der Waals surface area contributed by atoms with Gasteiger partial charge in [0.15, 0.2) is 11.5 Å². The lowest BCUT2D eigenvalue weighted by atomic mass is 10.1. The number of ether oxygens (including phenoxy) is 2. The molecule has 4 aromatic rings. The lowest BCUT2D eigenvalue weighted by molar-refractivity contribution is 0.102. The number of thiophene rings is 2. The highest BCUT2D eigenvalue weighted by Gasteiger charge is 2.16. The van der Waals surface area contributed by atoms with Gasteiger partial charge in [0.25, 0.3) is 11.8 Å². The van der Waals surface area contributed by atoms with E-state index < -0.39 is 0 Å². The lowest BCUT2D eigenvalue weighted by Gasteiger charge is -2.18. The Labute approximate surface area is 186 Å². The van der Waals surface area contributed by atoms with Gasteiger partial charge in [0.1, 0.15) is 13.2 Å². The second-order valence-corrected chi connectivity index (χ2v) is 9.09. The smallest absolute Gasteiger partial charge is 0.265 e. The van der Waals surface area contributed by atoms with Crippen LogP contribution in [0.1, 0.15) is 25.6 Å². The third kappa shape index (κ3) is 3.99. The number of carbonyl (C=O) groups excluding carboxylic acids is 2. The molecule has 2 N–H and O–H groups in total. The van der Waals surface area contributed by atoms with Crippen LogP contribution >= 0.6 is 22.7 Å². The second kappa shape index (κ2) is 8.05. The zero-order chi connectivity index (χ0) is 21.4. The van der Waals surface area contributed by atoms with E-state index in [1.807, 2.05) is 36.6 Å². The molecule has 0 saturated carbocycles. The van der Waals surface area contributed by atoms with Gasteiger partial charge in [-0.3, -0.25) is 9.59 Å². The predicted molar refractivity (Wildman–Crippen MR) is 124 cm³/mol. The van der Waals surface area contributed by atoms with E-state index in [0.29, 0.717) is 46.5 Å². The van der Waals surface area contributed by atoms with Crippen molar-refractivity contribution < 1.29 is 19.1 Å². The van der Waals surface area contributed by atoms with Gasteiger partial charge in [-0.15, -0.1) is 22.7 Å². The molecule has 2 aromatic heterocycles. The quantitative estimate of drug-likeness (QED) is 0.428. The summed E-state index contributed by atoms with van der Waals surface area (Å²) in [6.45, 7) is 2.87. The molecule has 31 heavy (non-hydrogen) atoms. The van der Waals surface area contributed by atoms with Crippen molar-refractivity contribution in [2.45, 2.75) is 6.92 Å². The Hall–Kier alpha value is -3.36. The summed E-state index contributed by atoms with van der Waals surface area (Å²) < 4.78 is 13.3. The van der Waals surface area contributed by atoms with E-state index in [2.05, 4.69) is 10.6 Å².